The van der Waals surface area contributed by atoms with Gasteiger partial charge in [0.25, 0.3) is 5.91 Å². The molecule has 3 heteroatoms. The van der Waals surface area contributed by atoms with Gasteiger partial charge in [-0.25, -0.2) is 0 Å². The summed E-state index contributed by atoms with van der Waals surface area (Å²) in [6.07, 6.45) is 2.05. The second-order valence-electron chi connectivity index (χ2n) is 2.30. The minimum atomic E-state index is -0.447. The summed E-state index contributed by atoms with van der Waals surface area (Å²) in [5, 5.41) is 2.56. The van der Waals surface area contributed by atoms with Gasteiger partial charge < -0.3 is 5.32 Å². The molecule has 50 valence electrons. The third-order valence-corrected chi connectivity index (χ3v) is 1.23. The number of carbonyl (C=O) groups excluding carboxylic acids is 2. The molecule has 0 aromatic heterocycles. The number of carbonyl (C=O) groups is 2. The van der Waals surface area contributed by atoms with Crippen LogP contribution in [0.15, 0.2) is 0 Å². The molecule has 0 heterocycles. The molecule has 1 aliphatic rings. The molecule has 0 aliphatic heterocycles. The average molecular weight is 127 g/mol. The molecule has 1 amide bonds. The van der Waals surface area contributed by atoms with Gasteiger partial charge in [0, 0.05) is 13.0 Å². The third-order valence-electron chi connectivity index (χ3n) is 1.23. The highest BCUT2D eigenvalue weighted by Gasteiger charge is 2.24. The van der Waals surface area contributed by atoms with Crippen molar-refractivity contribution >= 4 is 11.7 Å². The van der Waals surface area contributed by atoms with Crippen molar-refractivity contribution in [2.75, 3.05) is 0 Å². The minimum absolute atomic E-state index is 0.293. The smallest absolute Gasteiger partial charge is 0.287 e. The summed E-state index contributed by atoms with van der Waals surface area (Å²) in [5.74, 6) is -0.848. The summed E-state index contributed by atoms with van der Waals surface area (Å²) < 4.78 is 0. The number of rotatable bonds is 2. The Labute approximate surface area is 53.4 Å². The van der Waals surface area contributed by atoms with Gasteiger partial charge in [0.2, 0.25) is 5.78 Å². The molecule has 0 aromatic rings. The van der Waals surface area contributed by atoms with Crippen LogP contribution in [0.2, 0.25) is 0 Å². The van der Waals surface area contributed by atoms with E-state index in [4.69, 9.17) is 0 Å². The quantitative estimate of drug-likeness (QED) is 0.524. The zero-order valence-electron chi connectivity index (χ0n) is 5.31. The van der Waals surface area contributed by atoms with Gasteiger partial charge in [0.05, 0.1) is 0 Å². The van der Waals surface area contributed by atoms with E-state index >= 15 is 0 Å². The molecular formula is C6H9NO2. The lowest BCUT2D eigenvalue weighted by atomic mass is 10.4. The van der Waals surface area contributed by atoms with E-state index < -0.39 is 11.7 Å². The predicted molar refractivity (Wildman–Crippen MR) is 31.8 cm³/mol. The highest BCUT2D eigenvalue weighted by Crippen LogP contribution is 2.18. The van der Waals surface area contributed by atoms with Crippen molar-refractivity contribution in [1.82, 2.24) is 5.32 Å². The summed E-state index contributed by atoms with van der Waals surface area (Å²) >= 11 is 0. The standard InChI is InChI=1S/C6H9NO2/c1-4(8)6(9)7-5-2-3-5/h5H,2-3H2,1H3,(H,7,9). The van der Waals surface area contributed by atoms with Crippen molar-refractivity contribution in [3.05, 3.63) is 0 Å². The van der Waals surface area contributed by atoms with E-state index in [-0.39, 0.29) is 0 Å². The van der Waals surface area contributed by atoms with Crippen LogP contribution < -0.4 is 5.32 Å². The largest absolute Gasteiger partial charge is 0.347 e. The maximum Gasteiger partial charge on any atom is 0.287 e. The first-order valence-corrected chi connectivity index (χ1v) is 3.01. The lowest BCUT2D eigenvalue weighted by Gasteiger charge is -1.95. The Morgan fingerprint density at radius 3 is 2.33 bits per heavy atom. The van der Waals surface area contributed by atoms with E-state index in [1.54, 1.807) is 0 Å². The lowest BCUT2D eigenvalue weighted by Crippen LogP contribution is -2.30. The van der Waals surface area contributed by atoms with Crippen molar-refractivity contribution in [1.29, 1.82) is 0 Å². The van der Waals surface area contributed by atoms with Crippen LogP contribution in [0.4, 0.5) is 0 Å². The van der Waals surface area contributed by atoms with E-state index in [0.29, 0.717) is 6.04 Å². The molecule has 1 N–H and O–H groups in total. The topological polar surface area (TPSA) is 46.2 Å². The zero-order valence-corrected chi connectivity index (χ0v) is 5.31. The molecule has 0 aromatic carbocycles. The molecule has 1 fully saturated rings. The number of amides is 1. The second-order valence-corrected chi connectivity index (χ2v) is 2.30. The van der Waals surface area contributed by atoms with Gasteiger partial charge in [-0.2, -0.15) is 0 Å². The molecule has 0 saturated heterocycles. The molecule has 0 radical (unpaired) electrons. The predicted octanol–water partition coefficient (Wildman–Crippen LogP) is -0.146. The Hall–Kier alpha value is -0.860. The van der Waals surface area contributed by atoms with Crippen LogP contribution in [-0.4, -0.2) is 17.7 Å². The van der Waals surface area contributed by atoms with Crippen molar-refractivity contribution in [3.8, 4) is 0 Å². The average Bonchev–Trinajstić information content (AvgIpc) is 2.50. The van der Waals surface area contributed by atoms with E-state index in [2.05, 4.69) is 5.32 Å². The third kappa shape index (κ3) is 1.83. The Bertz CT molecular complexity index is 149. The number of ketones is 1. The molecule has 0 spiro atoms. The number of hydrogen-bond acceptors (Lipinski definition) is 2. The summed E-state index contributed by atoms with van der Waals surface area (Å²) in [7, 11) is 0. The van der Waals surface area contributed by atoms with Crippen LogP contribution in [0.1, 0.15) is 19.8 Å². The maximum absolute atomic E-state index is 10.5. The highest BCUT2D eigenvalue weighted by atomic mass is 16.2. The van der Waals surface area contributed by atoms with E-state index in [1.165, 1.54) is 6.92 Å². The van der Waals surface area contributed by atoms with Gasteiger partial charge in [-0.3, -0.25) is 9.59 Å². The number of nitrogens with one attached hydrogen (secondary N) is 1. The fourth-order valence-electron chi connectivity index (χ4n) is 0.515. The molecular weight excluding hydrogens is 118 g/mol. The lowest BCUT2D eigenvalue weighted by molar-refractivity contribution is -0.136. The first-order chi connectivity index (χ1) is 4.20. The van der Waals surface area contributed by atoms with Gasteiger partial charge in [0.15, 0.2) is 0 Å². The molecule has 0 atom stereocenters. The first kappa shape index (κ1) is 6.26. The fraction of sp³-hybridized carbons (Fsp3) is 0.667. The van der Waals surface area contributed by atoms with Crippen molar-refractivity contribution in [2.24, 2.45) is 0 Å². The summed E-state index contributed by atoms with van der Waals surface area (Å²) in [4.78, 5) is 20.8. The van der Waals surface area contributed by atoms with Crippen molar-refractivity contribution in [3.63, 3.8) is 0 Å². The summed E-state index contributed by atoms with van der Waals surface area (Å²) in [6, 6.07) is 0.293. The monoisotopic (exact) mass is 127 g/mol. The Balaban J connectivity index is 2.25. The molecule has 3 nitrogen and oxygen atoms in total. The molecule has 1 aliphatic carbocycles. The number of Topliss-reactive ketones (excluding diaryl/α,β-unsaturated/α-hetero) is 1. The Morgan fingerprint density at radius 2 is 2.00 bits per heavy atom. The van der Waals surface area contributed by atoms with E-state index in [0.717, 1.165) is 12.8 Å². The maximum atomic E-state index is 10.5. The normalized spacial score (nSPS) is 17.0. The van der Waals surface area contributed by atoms with Crippen molar-refractivity contribution < 1.29 is 9.59 Å². The summed E-state index contributed by atoms with van der Waals surface area (Å²) in [5.41, 5.74) is 0. The van der Waals surface area contributed by atoms with E-state index in [9.17, 15) is 9.59 Å². The van der Waals surface area contributed by atoms with Crippen LogP contribution in [0.3, 0.4) is 0 Å². The minimum Gasteiger partial charge on any atom is -0.347 e. The first-order valence-electron chi connectivity index (χ1n) is 3.01. The van der Waals surface area contributed by atoms with Crippen LogP contribution in [-0.2, 0) is 9.59 Å². The molecule has 9 heavy (non-hydrogen) atoms. The zero-order chi connectivity index (χ0) is 6.85. The number of hydrogen-bond donors (Lipinski definition) is 1. The van der Waals surface area contributed by atoms with Crippen LogP contribution in [0, 0.1) is 0 Å². The Morgan fingerprint density at radius 1 is 1.44 bits per heavy atom. The van der Waals surface area contributed by atoms with Crippen LogP contribution >= 0.6 is 0 Å². The van der Waals surface area contributed by atoms with Gasteiger partial charge in [-0.1, -0.05) is 0 Å². The molecule has 1 rings (SSSR count). The van der Waals surface area contributed by atoms with Crippen LogP contribution in [0.25, 0.3) is 0 Å². The van der Waals surface area contributed by atoms with Crippen LogP contribution in [0.5, 0.6) is 0 Å². The van der Waals surface area contributed by atoms with E-state index in [1.807, 2.05) is 0 Å². The van der Waals surface area contributed by atoms with Gasteiger partial charge in [0.1, 0.15) is 0 Å². The van der Waals surface area contributed by atoms with Gasteiger partial charge in [-0.15, -0.1) is 0 Å². The molecule has 0 bridgehead atoms. The summed E-state index contributed by atoms with van der Waals surface area (Å²) in [6.45, 7) is 1.28. The second kappa shape index (κ2) is 2.17. The van der Waals surface area contributed by atoms with Crippen molar-refractivity contribution in [2.45, 2.75) is 25.8 Å². The molecule has 0 unspecified atom stereocenters. The molecule has 1 saturated carbocycles. The highest BCUT2D eigenvalue weighted by molar-refractivity contribution is 6.35. The van der Waals surface area contributed by atoms with Gasteiger partial charge in [-0.05, 0) is 12.8 Å². The SMILES string of the molecule is CC(=O)C(=O)NC1CC1. The van der Waals surface area contributed by atoms with Gasteiger partial charge >= 0.3 is 0 Å². The Kier molecular flexibility index (Phi) is 1.51. The fourth-order valence-corrected chi connectivity index (χ4v) is 0.515.